The molecule has 0 amide bonds. The average molecular weight is 250 g/mol. The van der Waals surface area contributed by atoms with E-state index >= 15 is 0 Å². The Labute approximate surface area is 99.5 Å². The largest absolute Gasteiger partial charge is 0.481 e. The van der Waals surface area contributed by atoms with Crippen LogP contribution in [0.15, 0.2) is 4.99 Å². The van der Waals surface area contributed by atoms with E-state index in [2.05, 4.69) is 4.99 Å². The van der Waals surface area contributed by atoms with Gasteiger partial charge in [-0.1, -0.05) is 6.92 Å². The number of hydrogen-bond acceptors (Lipinski definition) is 3. The zero-order chi connectivity index (χ0) is 12.6. The Hall–Kier alpha value is -0.780. The van der Waals surface area contributed by atoms with Gasteiger partial charge in [0.05, 0.1) is 23.5 Å². The third-order valence-corrected chi connectivity index (χ3v) is 3.43. The molecule has 16 heavy (non-hydrogen) atoms. The maximum atomic E-state index is 12.6. The molecular weight excluding hydrogens is 231 g/mol. The van der Waals surface area contributed by atoms with Gasteiger partial charge in [-0.05, 0) is 13.3 Å². The van der Waals surface area contributed by atoms with Gasteiger partial charge in [-0.25, -0.2) is 4.39 Å². The molecule has 0 unspecified atom stereocenters. The average Bonchev–Trinajstić information content (AvgIpc) is 2.22. The number of thioether (sulfide) groups is 1. The first kappa shape index (κ1) is 15.2. The molecule has 3 N–H and O–H groups in total. The number of carbonyl (C=O) groups is 1. The number of carboxylic acid groups (broad SMARTS) is 1. The van der Waals surface area contributed by atoms with Crippen molar-refractivity contribution >= 4 is 23.6 Å². The van der Waals surface area contributed by atoms with Crippen molar-refractivity contribution in [1.29, 1.82) is 0 Å². The van der Waals surface area contributed by atoms with Crippen LogP contribution in [0.25, 0.3) is 0 Å². The Morgan fingerprint density at radius 2 is 2.25 bits per heavy atom. The molecule has 0 aliphatic heterocycles. The SMILES string of the molecule is CC[C@H](CS[C@H](CF)CN=C(C)N)C(=O)O. The summed E-state index contributed by atoms with van der Waals surface area (Å²) in [6, 6.07) is 0. The van der Waals surface area contributed by atoms with Crippen LogP contribution >= 0.6 is 11.8 Å². The monoisotopic (exact) mass is 250 g/mol. The number of rotatable bonds is 8. The van der Waals surface area contributed by atoms with E-state index in [9.17, 15) is 9.18 Å². The van der Waals surface area contributed by atoms with E-state index in [0.29, 0.717) is 24.6 Å². The molecule has 0 saturated carbocycles. The Morgan fingerprint density at radius 1 is 1.62 bits per heavy atom. The van der Waals surface area contributed by atoms with Crippen molar-refractivity contribution in [3.05, 3.63) is 0 Å². The molecule has 0 heterocycles. The smallest absolute Gasteiger partial charge is 0.307 e. The minimum absolute atomic E-state index is 0.299. The van der Waals surface area contributed by atoms with Gasteiger partial charge in [-0.15, -0.1) is 0 Å². The highest BCUT2D eigenvalue weighted by atomic mass is 32.2. The lowest BCUT2D eigenvalue weighted by Crippen LogP contribution is -2.20. The molecule has 0 bridgehead atoms. The fourth-order valence-corrected chi connectivity index (χ4v) is 2.16. The Morgan fingerprint density at radius 3 is 2.62 bits per heavy atom. The molecule has 0 radical (unpaired) electrons. The van der Waals surface area contributed by atoms with E-state index in [1.807, 2.05) is 6.92 Å². The van der Waals surface area contributed by atoms with Crippen LogP contribution in [0.4, 0.5) is 4.39 Å². The van der Waals surface area contributed by atoms with Crippen molar-refractivity contribution in [2.75, 3.05) is 19.0 Å². The molecular formula is C10H19FN2O2S. The quantitative estimate of drug-likeness (QED) is 0.506. The second-order valence-electron chi connectivity index (χ2n) is 3.54. The van der Waals surface area contributed by atoms with E-state index in [-0.39, 0.29) is 5.25 Å². The summed E-state index contributed by atoms with van der Waals surface area (Å²) in [4.78, 5) is 14.7. The summed E-state index contributed by atoms with van der Waals surface area (Å²) in [6.45, 7) is 3.25. The van der Waals surface area contributed by atoms with Crippen LogP contribution in [0.2, 0.25) is 0 Å². The van der Waals surface area contributed by atoms with Crippen LogP contribution in [0, 0.1) is 5.92 Å². The fraction of sp³-hybridized carbons (Fsp3) is 0.800. The summed E-state index contributed by atoms with van der Waals surface area (Å²) in [5, 5.41) is 8.52. The number of nitrogens with two attached hydrogens (primary N) is 1. The summed E-state index contributed by atoms with van der Waals surface area (Å²) < 4.78 is 12.6. The van der Waals surface area contributed by atoms with Crippen LogP contribution < -0.4 is 5.73 Å². The maximum Gasteiger partial charge on any atom is 0.307 e. The van der Waals surface area contributed by atoms with E-state index in [0.717, 1.165) is 0 Å². The standard InChI is InChI=1S/C10H19FN2O2S/c1-3-8(10(14)15)6-16-9(4-11)5-13-7(2)12/h8-9H,3-6H2,1-2H3,(H2,12,13)(H,14,15)/t8-,9-/m1/s1. The number of aliphatic carboxylic acids is 1. The van der Waals surface area contributed by atoms with Gasteiger partial charge in [0.1, 0.15) is 6.67 Å². The minimum atomic E-state index is -0.828. The molecule has 0 spiro atoms. The first-order chi connectivity index (χ1) is 7.51. The predicted molar refractivity (Wildman–Crippen MR) is 65.8 cm³/mol. The van der Waals surface area contributed by atoms with Gasteiger partial charge >= 0.3 is 5.97 Å². The number of nitrogens with zero attached hydrogens (tertiary/aromatic N) is 1. The summed E-state index contributed by atoms with van der Waals surface area (Å²) in [6.07, 6.45) is 0.556. The van der Waals surface area contributed by atoms with Gasteiger partial charge in [0.25, 0.3) is 0 Å². The van der Waals surface area contributed by atoms with Gasteiger partial charge in [0.2, 0.25) is 0 Å². The summed E-state index contributed by atoms with van der Waals surface area (Å²) in [7, 11) is 0. The van der Waals surface area contributed by atoms with Gasteiger partial charge in [-0.2, -0.15) is 11.8 Å². The Kier molecular flexibility index (Phi) is 7.97. The molecule has 0 fully saturated rings. The van der Waals surface area contributed by atoms with Crippen molar-refractivity contribution in [3.8, 4) is 0 Å². The number of amidine groups is 1. The van der Waals surface area contributed by atoms with Crippen molar-refractivity contribution < 1.29 is 14.3 Å². The minimum Gasteiger partial charge on any atom is -0.481 e. The predicted octanol–water partition coefficient (Wildman–Crippen LogP) is 1.55. The normalized spacial score (nSPS) is 15.8. The number of hydrogen-bond donors (Lipinski definition) is 2. The van der Waals surface area contributed by atoms with E-state index in [1.165, 1.54) is 11.8 Å². The first-order valence-electron chi connectivity index (χ1n) is 5.18. The third kappa shape index (κ3) is 6.66. The van der Waals surface area contributed by atoms with E-state index in [4.69, 9.17) is 10.8 Å². The molecule has 0 saturated heterocycles. The topological polar surface area (TPSA) is 75.7 Å². The van der Waals surface area contributed by atoms with Gasteiger partial charge in [-0.3, -0.25) is 9.79 Å². The highest BCUT2D eigenvalue weighted by Gasteiger charge is 2.18. The zero-order valence-electron chi connectivity index (χ0n) is 9.65. The summed E-state index contributed by atoms with van der Waals surface area (Å²) in [5.74, 6) is -0.406. The van der Waals surface area contributed by atoms with Crippen molar-refractivity contribution in [2.24, 2.45) is 16.6 Å². The number of alkyl halides is 1. The molecule has 0 aromatic rings. The van der Waals surface area contributed by atoms with Crippen LogP contribution in [0.1, 0.15) is 20.3 Å². The summed E-state index contributed by atoms with van der Waals surface area (Å²) >= 11 is 1.31. The number of carboxylic acids is 1. The molecule has 6 heteroatoms. The molecule has 0 aromatic carbocycles. The zero-order valence-corrected chi connectivity index (χ0v) is 10.5. The van der Waals surface area contributed by atoms with E-state index < -0.39 is 18.6 Å². The maximum absolute atomic E-state index is 12.6. The lowest BCUT2D eigenvalue weighted by Gasteiger charge is -2.14. The Bertz CT molecular complexity index is 245. The van der Waals surface area contributed by atoms with Gasteiger partial charge < -0.3 is 10.8 Å². The van der Waals surface area contributed by atoms with Gasteiger partial charge in [0.15, 0.2) is 0 Å². The molecule has 94 valence electrons. The number of halogens is 1. The van der Waals surface area contributed by atoms with Gasteiger partial charge in [0, 0.05) is 5.75 Å². The van der Waals surface area contributed by atoms with Crippen molar-refractivity contribution in [2.45, 2.75) is 25.5 Å². The fourth-order valence-electron chi connectivity index (χ4n) is 1.01. The molecule has 0 rings (SSSR count). The highest BCUT2D eigenvalue weighted by Crippen LogP contribution is 2.18. The van der Waals surface area contributed by atoms with E-state index in [1.54, 1.807) is 6.92 Å². The molecule has 0 aliphatic rings. The van der Waals surface area contributed by atoms with Crippen LogP contribution in [0.5, 0.6) is 0 Å². The van der Waals surface area contributed by atoms with Crippen molar-refractivity contribution in [3.63, 3.8) is 0 Å². The van der Waals surface area contributed by atoms with Crippen LogP contribution in [-0.4, -0.2) is 41.1 Å². The molecule has 0 aromatic heterocycles. The lowest BCUT2D eigenvalue weighted by molar-refractivity contribution is -0.140. The number of aliphatic imine (C=N–C) groups is 1. The second kappa shape index (κ2) is 8.38. The highest BCUT2D eigenvalue weighted by molar-refractivity contribution is 8.00. The second-order valence-corrected chi connectivity index (χ2v) is 4.87. The van der Waals surface area contributed by atoms with Crippen molar-refractivity contribution in [1.82, 2.24) is 0 Å². The third-order valence-electron chi connectivity index (χ3n) is 2.09. The first-order valence-corrected chi connectivity index (χ1v) is 6.23. The van der Waals surface area contributed by atoms with Crippen LogP contribution in [0.3, 0.4) is 0 Å². The van der Waals surface area contributed by atoms with Crippen LogP contribution in [-0.2, 0) is 4.79 Å². The Balaban J connectivity index is 4.03. The lowest BCUT2D eigenvalue weighted by atomic mass is 10.1. The molecule has 0 aliphatic carbocycles. The molecule has 2 atom stereocenters. The summed E-state index contributed by atoms with van der Waals surface area (Å²) in [5.41, 5.74) is 5.35. The molecule has 4 nitrogen and oxygen atoms in total.